The quantitative estimate of drug-likeness (QED) is 0.917. The van der Waals surface area contributed by atoms with Gasteiger partial charge in [-0.15, -0.1) is 0 Å². The Labute approximate surface area is 113 Å². The highest BCUT2D eigenvalue weighted by Gasteiger charge is 2.11. The van der Waals surface area contributed by atoms with E-state index in [2.05, 4.69) is 47.7 Å². The molecule has 0 bridgehead atoms. The van der Waals surface area contributed by atoms with Crippen molar-refractivity contribution < 1.29 is 0 Å². The number of benzene rings is 1. The standard InChI is InChI=1S/C14H19N3S/c1-10-9-14(17(4)16-10)18-13-8-6-5-7-12(13)11(2)15-3/h5-9,11,15H,1-4H3. The summed E-state index contributed by atoms with van der Waals surface area (Å²) >= 11 is 1.77. The summed E-state index contributed by atoms with van der Waals surface area (Å²) in [5.74, 6) is 0. The maximum Gasteiger partial charge on any atom is 0.0987 e. The van der Waals surface area contributed by atoms with Gasteiger partial charge >= 0.3 is 0 Å². The maximum atomic E-state index is 4.38. The summed E-state index contributed by atoms with van der Waals surface area (Å²) in [7, 11) is 3.97. The molecule has 2 rings (SSSR count). The van der Waals surface area contributed by atoms with Crippen molar-refractivity contribution in [3.8, 4) is 0 Å². The normalized spacial score (nSPS) is 12.7. The first-order chi connectivity index (χ1) is 8.61. The van der Waals surface area contributed by atoms with Crippen LogP contribution in [0.2, 0.25) is 0 Å². The Balaban J connectivity index is 2.31. The van der Waals surface area contributed by atoms with E-state index in [0.29, 0.717) is 6.04 Å². The highest BCUT2D eigenvalue weighted by Crippen LogP contribution is 2.33. The lowest BCUT2D eigenvalue weighted by Gasteiger charge is -2.15. The van der Waals surface area contributed by atoms with Crippen molar-refractivity contribution >= 4 is 11.8 Å². The Morgan fingerprint density at radius 2 is 2.06 bits per heavy atom. The summed E-state index contributed by atoms with van der Waals surface area (Å²) < 4.78 is 1.93. The van der Waals surface area contributed by atoms with Crippen molar-refractivity contribution in [3.63, 3.8) is 0 Å². The molecule has 0 amide bonds. The molecule has 0 aliphatic heterocycles. The van der Waals surface area contributed by atoms with Crippen LogP contribution in [0.15, 0.2) is 40.3 Å². The fourth-order valence-corrected chi connectivity index (χ4v) is 3.02. The van der Waals surface area contributed by atoms with Gasteiger partial charge in [-0.25, -0.2) is 0 Å². The predicted octanol–water partition coefficient (Wildman–Crippen LogP) is 3.16. The zero-order valence-electron chi connectivity index (χ0n) is 11.3. The minimum atomic E-state index is 0.350. The lowest BCUT2D eigenvalue weighted by atomic mass is 10.1. The molecule has 1 N–H and O–H groups in total. The third-order valence-corrected chi connectivity index (χ3v) is 4.18. The number of nitrogens with one attached hydrogen (secondary N) is 1. The van der Waals surface area contributed by atoms with Gasteiger partial charge in [0.2, 0.25) is 0 Å². The number of hydrogen-bond donors (Lipinski definition) is 1. The number of aromatic nitrogens is 2. The lowest BCUT2D eigenvalue weighted by Crippen LogP contribution is -2.13. The van der Waals surface area contributed by atoms with Crippen molar-refractivity contribution in [1.29, 1.82) is 0 Å². The molecule has 1 aromatic heterocycles. The SMILES string of the molecule is CNC(C)c1ccccc1Sc1cc(C)nn1C. The Kier molecular flexibility index (Phi) is 4.09. The van der Waals surface area contributed by atoms with Crippen LogP contribution in [-0.2, 0) is 7.05 Å². The van der Waals surface area contributed by atoms with Gasteiger partial charge in [-0.3, -0.25) is 4.68 Å². The van der Waals surface area contributed by atoms with Gasteiger partial charge in [0.15, 0.2) is 0 Å². The minimum absolute atomic E-state index is 0.350. The number of nitrogens with zero attached hydrogens (tertiary/aromatic N) is 2. The second-order valence-electron chi connectivity index (χ2n) is 4.40. The van der Waals surface area contributed by atoms with Crippen LogP contribution in [0.1, 0.15) is 24.2 Å². The third-order valence-electron chi connectivity index (χ3n) is 2.99. The van der Waals surface area contributed by atoms with E-state index in [4.69, 9.17) is 0 Å². The average Bonchev–Trinajstić information content (AvgIpc) is 2.67. The second-order valence-corrected chi connectivity index (χ2v) is 5.46. The van der Waals surface area contributed by atoms with Crippen LogP contribution < -0.4 is 5.32 Å². The fraction of sp³-hybridized carbons (Fsp3) is 0.357. The molecule has 4 heteroatoms. The molecule has 0 spiro atoms. The lowest BCUT2D eigenvalue weighted by molar-refractivity contribution is 0.640. The van der Waals surface area contributed by atoms with Crippen LogP contribution in [0.3, 0.4) is 0 Å². The Bertz CT molecular complexity index is 534. The molecule has 0 aliphatic rings. The molecule has 0 saturated carbocycles. The van der Waals surface area contributed by atoms with Crippen molar-refractivity contribution in [2.45, 2.75) is 29.8 Å². The molecule has 3 nitrogen and oxygen atoms in total. The maximum absolute atomic E-state index is 4.38. The number of aryl methyl sites for hydroxylation is 2. The van der Waals surface area contributed by atoms with Gasteiger partial charge in [0.1, 0.15) is 0 Å². The summed E-state index contributed by atoms with van der Waals surface area (Å²) in [4.78, 5) is 1.28. The largest absolute Gasteiger partial charge is 0.313 e. The van der Waals surface area contributed by atoms with Crippen molar-refractivity contribution in [2.75, 3.05) is 7.05 Å². The predicted molar refractivity (Wildman–Crippen MR) is 76.0 cm³/mol. The van der Waals surface area contributed by atoms with E-state index in [-0.39, 0.29) is 0 Å². The minimum Gasteiger partial charge on any atom is -0.313 e. The van der Waals surface area contributed by atoms with Crippen LogP contribution in [0.4, 0.5) is 0 Å². The van der Waals surface area contributed by atoms with Crippen LogP contribution in [0.5, 0.6) is 0 Å². The molecule has 0 fully saturated rings. The van der Waals surface area contributed by atoms with Crippen LogP contribution >= 0.6 is 11.8 Å². The summed E-state index contributed by atoms with van der Waals surface area (Å²) in [6.45, 7) is 4.19. The van der Waals surface area contributed by atoms with Crippen LogP contribution in [0.25, 0.3) is 0 Å². The smallest absolute Gasteiger partial charge is 0.0987 e. The van der Waals surface area contributed by atoms with E-state index in [9.17, 15) is 0 Å². The molecule has 1 unspecified atom stereocenters. The number of hydrogen-bond acceptors (Lipinski definition) is 3. The van der Waals surface area contributed by atoms with Gasteiger partial charge in [-0.05, 0) is 38.6 Å². The summed E-state index contributed by atoms with van der Waals surface area (Å²) in [5, 5.41) is 8.84. The molecule has 96 valence electrons. The average molecular weight is 261 g/mol. The summed E-state index contributed by atoms with van der Waals surface area (Å²) in [6.07, 6.45) is 0. The van der Waals surface area contributed by atoms with Crippen molar-refractivity contribution in [1.82, 2.24) is 15.1 Å². The van der Waals surface area contributed by atoms with Gasteiger partial charge in [0.05, 0.1) is 10.7 Å². The van der Waals surface area contributed by atoms with Crippen LogP contribution in [-0.4, -0.2) is 16.8 Å². The molecule has 1 heterocycles. The Morgan fingerprint density at radius 3 is 2.67 bits per heavy atom. The topological polar surface area (TPSA) is 29.9 Å². The molecule has 18 heavy (non-hydrogen) atoms. The monoisotopic (exact) mass is 261 g/mol. The molecule has 0 saturated heterocycles. The van der Waals surface area contributed by atoms with Gasteiger partial charge in [-0.2, -0.15) is 5.10 Å². The van der Waals surface area contributed by atoms with E-state index in [1.54, 1.807) is 11.8 Å². The van der Waals surface area contributed by atoms with Crippen molar-refractivity contribution in [2.24, 2.45) is 7.05 Å². The molecule has 0 aliphatic carbocycles. The molecule has 1 atom stereocenters. The summed E-state index contributed by atoms with van der Waals surface area (Å²) in [6, 6.07) is 11.0. The number of rotatable bonds is 4. The molecule has 1 aromatic carbocycles. The van der Waals surface area contributed by atoms with Gasteiger partial charge < -0.3 is 5.32 Å². The van der Waals surface area contributed by atoms with Crippen LogP contribution in [0, 0.1) is 6.92 Å². The zero-order chi connectivity index (χ0) is 13.1. The Morgan fingerprint density at radius 1 is 1.33 bits per heavy atom. The van der Waals surface area contributed by atoms with E-state index in [1.807, 2.05) is 25.7 Å². The summed E-state index contributed by atoms with van der Waals surface area (Å²) in [5.41, 5.74) is 2.38. The second kappa shape index (κ2) is 5.59. The van der Waals surface area contributed by atoms with E-state index in [1.165, 1.54) is 15.5 Å². The zero-order valence-corrected chi connectivity index (χ0v) is 12.1. The first-order valence-corrected chi connectivity index (χ1v) is 6.88. The van der Waals surface area contributed by atoms with Gasteiger partial charge in [0.25, 0.3) is 0 Å². The van der Waals surface area contributed by atoms with E-state index >= 15 is 0 Å². The van der Waals surface area contributed by atoms with Gasteiger partial charge in [0, 0.05) is 18.0 Å². The highest BCUT2D eigenvalue weighted by atomic mass is 32.2. The molecule has 2 aromatic rings. The third kappa shape index (κ3) is 2.76. The Hall–Kier alpha value is -1.26. The highest BCUT2D eigenvalue weighted by molar-refractivity contribution is 7.99. The molecule has 0 radical (unpaired) electrons. The van der Waals surface area contributed by atoms with Crippen molar-refractivity contribution in [3.05, 3.63) is 41.6 Å². The molecular formula is C14H19N3S. The first-order valence-electron chi connectivity index (χ1n) is 6.06. The van der Waals surface area contributed by atoms with Gasteiger partial charge in [-0.1, -0.05) is 30.0 Å². The first kappa shape index (κ1) is 13.2. The van der Waals surface area contributed by atoms with E-state index in [0.717, 1.165) is 5.69 Å². The molecular weight excluding hydrogens is 242 g/mol. The fourth-order valence-electron chi connectivity index (χ4n) is 1.88. The van der Waals surface area contributed by atoms with E-state index < -0.39 is 0 Å².